The van der Waals surface area contributed by atoms with Crippen LogP contribution < -0.4 is 10.0 Å². The van der Waals surface area contributed by atoms with Gasteiger partial charge in [0.05, 0.1) is 4.90 Å². The van der Waals surface area contributed by atoms with Crippen molar-refractivity contribution in [2.24, 2.45) is 0 Å². The molecule has 0 spiro atoms. The van der Waals surface area contributed by atoms with E-state index in [9.17, 15) is 8.42 Å². The van der Waals surface area contributed by atoms with Crippen molar-refractivity contribution in [3.8, 4) is 0 Å². The van der Waals surface area contributed by atoms with Crippen molar-refractivity contribution >= 4 is 10.0 Å². The average Bonchev–Trinajstić information content (AvgIpc) is 3.26. The molecule has 18 heavy (non-hydrogen) atoms. The molecule has 1 aromatic rings. The Balaban J connectivity index is 1.85. The smallest absolute Gasteiger partial charge is 0.241 e. The Bertz CT molecular complexity index is 542. The molecule has 0 unspecified atom stereocenters. The van der Waals surface area contributed by atoms with Crippen LogP contribution in [0.25, 0.3) is 0 Å². The van der Waals surface area contributed by atoms with Crippen LogP contribution in [0.5, 0.6) is 0 Å². The summed E-state index contributed by atoms with van der Waals surface area (Å²) >= 11 is 0. The van der Waals surface area contributed by atoms with Gasteiger partial charge < -0.3 is 9.88 Å². The van der Waals surface area contributed by atoms with Crippen LogP contribution in [-0.4, -0.2) is 26.1 Å². The zero-order valence-electron chi connectivity index (χ0n) is 10.5. The van der Waals surface area contributed by atoms with E-state index in [0.29, 0.717) is 17.0 Å². The van der Waals surface area contributed by atoms with Gasteiger partial charge in [0.2, 0.25) is 10.0 Å². The fraction of sp³-hybridized carbons (Fsp3) is 0.667. The third-order valence-corrected chi connectivity index (χ3v) is 4.96. The van der Waals surface area contributed by atoms with E-state index < -0.39 is 10.0 Å². The third-order valence-electron chi connectivity index (χ3n) is 3.58. The summed E-state index contributed by atoms with van der Waals surface area (Å²) in [5.41, 5.74) is 1.08. The minimum absolute atomic E-state index is 0.379. The minimum Gasteiger partial charge on any atom is -0.346 e. The van der Waals surface area contributed by atoms with Crippen molar-refractivity contribution in [1.82, 2.24) is 14.6 Å². The molecule has 2 aliphatic rings. The van der Waals surface area contributed by atoms with Gasteiger partial charge in [0, 0.05) is 30.5 Å². The van der Waals surface area contributed by atoms with Gasteiger partial charge in [0.25, 0.3) is 0 Å². The summed E-state index contributed by atoms with van der Waals surface area (Å²) in [4.78, 5) is 0.379. The summed E-state index contributed by atoms with van der Waals surface area (Å²) in [7, 11) is -1.88. The third kappa shape index (κ3) is 2.46. The summed E-state index contributed by atoms with van der Waals surface area (Å²) in [6, 6.07) is 2.93. The normalized spacial score (nSPS) is 20.3. The van der Waals surface area contributed by atoms with Gasteiger partial charge in [-0.1, -0.05) is 0 Å². The van der Waals surface area contributed by atoms with E-state index in [0.717, 1.165) is 25.1 Å². The van der Waals surface area contributed by atoms with Crippen LogP contribution in [0.15, 0.2) is 17.2 Å². The number of aromatic nitrogens is 1. The summed E-state index contributed by atoms with van der Waals surface area (Å²) < 4.78 is 28.1. The number of sulfonamides is 1. The molecule has 1 heterocycles. The fourth-order valence-corrected chi connectivity index (χ4v) is 2.91. The first-order valence-corrected chi connectivity index (χ1v) is 7.96. The van der Waals surface area contributed by atoms with E-state index >= 15 is 0 Å². The van der Waals surface area contributed by atoms with Gasteiger partial charge in [0.1, 0.15) is 0 Å². The van der Waals surface area contributed by atoms with Gasteiger partial charge >= 0.3 is 0 Å². The lowest BCUT2D eigenvalue weighted by Gasteiger charge is -2.07. The molecule has 2 saturated carbocycles. The second-order valence-corrected chi connectivity index (χ2v) is 7.05. The molecule has 0 radical (unpaired) electrons. The lowest BCUT2D eigenvalue weighted by atomic mass is 10.4. The topological polar surface area (TPSA) is 63.1 Å². The van der Waals surface area contributed by atoms with Gasteiger partial charge in [-0.2, -0.15) is 0 Å². The van der Waals surface area contributed by atoms with Crippen LogP contribution in [0.1, 0.15) is 37.4 Å². The maximum absolute atomic E-state index is 11.8. The summed E-state index contributed by atoms with van der Waals surface area (Å²) in [5, 5.41) is 3.44. The largest absolute Gasteiger partial charge is 0.346 e. The Labute approximate surface area is 108 Å². The van der Waals surface area contributed by atoms with E-state index in [-0.39, 0.29) is 0 Å². The summed E-state index contributed by atoms with van der Waals surface area (Å²) in [6.07, 6.45) is 6.57. The molecular weight excluding hydrogens is 250 g/mol. The Kier molecular flexibility index (Phi) is 2.96. The van der Waals surface area contributed by atoms with Crippen LogP contribution in [-0.2, 0) is 16.6 Å². The number of hydrogen-bond acceptors (Lipinski definition) is 3. The molecule has 3 rings (SSSR count). The van der Waals surface area contributed by atoms with Crippen molar-refractivity contribution < 1.29 is 8.42 Å². The van der Waals surface area contributed by atoms with Crippen molar-refractivity contribution in [2.75, 3.05) is 7.05 Å². The SMILES string of the molecule is CNS(=O)(=O)c1cc(CNC2CC2)n(C2CC2)c1. The molecule has 6 heteroatoms. The fourth-order valence-electron chi connectivity index (χ4n) is 2.13. The summed E-state index contributed by atoms with van der Waals surface area (Å²) in [6.45, 7) is 0.764. The van der Waals surface area contributed by atoms with E-state index in [2.05, 4.69) is 14.6 Å². The molecule has 2 aliphatic carbocycles. The zero-order chi connectivity index (χ0) is 12.8. The number of nitrogens with one attached hydrogen (secondary N) is 2. The van der Waals surface area contributed by atoms with Gasteiger partial charge in [0.15, 0.2) is 0 Å². The number of nitrogens with zero attached hydrogens (tertiary/aromatic N) is 1. The first kappa shape index (κ1) is 12.2. The molecule has 0 atom stereocenters. The quantitative estimate of drug-likeness (QED) is 0.809. The molecule has 0 saturated heterocycles. The van der Waals surface area contributed by atoms with Gasteiger partial charge in [-0.05, 0) is 38.8 Å². The lowest BCUT2D eigenvalue weighted by Crippen LogP contribution is -2.18. The second-order valence-electron chi connectivity index (χ2n) is 5.17. The molecule has 2 fully saturated rings. The number of hydrogen-bond donors (Lipinski definition) is 2. The zero-order valence-corrected chi connectivity index (χ0v) is 11.3. The molecule has 0 aliphatic heterocycles. The molecule has 0 amide bonds. The molecule has 5 nitrogen and oxygen atoms in total. The standard InChI is InChI=1S/C12H19N3O2S/c1-13-18(16,17)12-6-11(7-14-9-2-3-9)15(8-12)10-4-5-10/h6,8-10,13-14H,2-5,7H2,1H3. The minimum atomic E-state index is -3.33. The molecule has 100 valence electrons. The number of rotatable bonds is 6. The van der Waals surface area contributed by atoms with Crippen LogP contribution in [0, 0.1) is 0 Å². The highest BCUT2D eigenvalue weighted by Gasteiger charge is 2.28. The highest BCUT2D eigenvalue weighted by Crippen LogP contribution is 2.37. The van der Waals surface area contributed by atoms with Crippen molar-refractivity contribution in [3.63, 3.8) is 0 Å². The Morgan fingerprint density at radius 2 is 2.06 bits per heavy atom. The van der Waals surface area contributed by atoms with E-state index in [1.54, 1.807) is 12.3 Å². The van der Waals surface area contributed by atoms with Gasteiger partial charge in [-0.3, -0.25) is 0 Å². The van der Waals surface area contributed by atoms with Crippen molar-refractivity contribution in [2.45, 2.75) is 49.2 Å². The predicted octanol–water partition coefficient (Wildman–Crippen LogP) is 0.983. The van der Waals surface area contributed by atoms with Crippen LogP contribution in [0.2, 0.25) is 0 Å². The Hall–Kier alpha value is -0.850. The van der Waals surface area contributed by atoms with E-state index in [4.69, 9.17) is 0 Å². The Morgan fingerprint density at radius 1 is 1.33 bits per heavy atom. The van der Waals surface area contributed by atoms with E-state index in [1.165, 1.54) is 19.9 Å². The maximum atomic E-state index is 11.8. The summed E-state index contributed by atoms with van der Waals surface area (Å²) in [5.74, 6) is 0. The average molecular weight is 269 g/mol. The van der Waals surface area contributed by atoms with E-state index in [1.807, 2.05) is 0 Å². The Morgan fingerprint density at radius 3 is 2.61 bits per heavy atom. The van der Waals surface area contributed by atoms with Crippen molar-refractivity contribution in [3.05, 3.63) is 18.0 Å². The van der Waals surface area contributed by atoms with Crippen LogP contribution >= 0.6 is 0 Å². The highest BCUT2D eigenvalue weighted by atomic mass is 32.2. The monoisotopic (exact) mass is 269 g/mol. The molecule has 2 N–H and O–H groups in total. The second kappa shape index (κ2) is 4.36. The first-order valence-electron chi connectivity index (χ1n) is 6.48. The van der Waals surface area contributed by atoms with Crippen molar-refractivity contribution in [1.29, 1.82) is 0 Å². The van der Waals surface area contributed by atoms with Crippen LogP contribution in [0.4, 0.5) is 0 Å². The van der Waals surface area contributed by atoms with Gasteiger partial charge in [-0.25, -0.2) is 13.1 Å². The lowest BCUT2D eigenvalue weighted by molar-refractivity contribution is 0.587. The molecular formula is C12H19N3O2S. The van der Waals surface area contributed by atoms with Gasteiger partial charge in [-0.15, -0.1) is 0 Å². The highest BCUT2D eigenvalue weighted by molar-refractivity contribution is 7.89. The molecule has 0 bridgehead atoms. The van der Waals surface area contributed by atoms with Crippen LogP contribution in [0.3, 0.4) is 0 Å². The maximum Gasteiger partial charge on any atom is 0.241 e. The first-order chi connectivity index (χ1) is 8.60. The molecule has 0 aromatic carbocycles. The molecule has 1 aromatic heterocycles. The predicted molar refractivity (Wildman–Crippen MR) is 68.8 cm³/mol.